The quantitative estimate of drug-likeness (QED) is 0.874. The van der Waals surface area contributed by atoms with Gasteiger partial charge in [0.05, 0.1) is 14.2 Å². The third-order valence-electron chi connectivity index (χ3n) is 3.07. The van der Waals surface area contributed by atoms with E-state index in [4.69, 9.17) is 14.2 Å². The molecule has 0 saturated carbocycles. The van der Waals surface area contributed by atoms with Crippen LogP contribution in [0.25, 0.3) is 0 Å². The number of hydrogen-bond donors (Lipinski definition) is 1. The van der Waals surface area contributed by atoms with Crippen LogP contribution < -0.4 is 9.47 Å². The van der Waals surface area contributed by atoms with E-state index in [-0.39, 0.29) is 11.3 Å². The highest BCUT2D eigenvalue weighted by Gasteiger charge is 2.19. The number of methoxy groups -OCH3 is 2. The summed E-state index contributed by atoms with van der Waals surface area (Å²) < 4.78 is 15.5. The van der Waals surface area contributed by atoms with E-state index in [1.54, 1.807) is 38.3 Å². The number of aromatic hydroxyl groups is 1. The van der Waals surface area contributed by atoms with Crippen LogP contribution in [0, 0.1) is 6.92 Å². The Hall–Kier alpha value is -2.69. The molecule has 1 N–H and O–H groups in total. The van der Waals surface area contributed by atoms with Crippen LogP contribution in [-0.2, 0) is 4.74 Å². The Labute approximate surface area is 122 Å². The molecule has 2 rings (SSSR count). The zero-order valence-corrected chi connectivity index (χ0v) is 12.0. The Morgan fingerprint density at radius 2 is 1.62 bits per heavy atom. The number of ether oxygens (including phenoxy) is 3. The second kappa shape index (κ2) is 6.17. The average molecular weight is 288 g/mol. The lowest BCUT2D eigenvalue weighted by atomic mass is 10.1. The maximum Gasteiger partial charge on any atom is 0.342 e. The molecule has 2 aromatic rings. The smallest absolute Gasteiger partial charge is 0.342 e. The molecule has 0 unspecified atom stereocenters. The SMILES string of the molecule is COC(=O)c1c(Oc2ccc(OC)cc2)ccc(O)c1C. The van der Waals surface area contributed by atoms with Gasteiger partial charge in [-0.15, -0.1) is 0 Å². The molecule has 5 nitrogen and oxygen atoms in total. The minimum atomic E-state index is -0.563. The molecule has 0 aliphatic heterocycles. The first-order chi connectivity index (χ1) is 10.1. The third kappa shape index (κ3) is 3.08. The van der Waals surface area contributed by atoms with Crippen molar-refractivity contribution >= 4 is 5.97 Å². The molecular weight excluding hydrogens is 272 g/mol. The predicted octanol–water partition coefficient (Wildman–Crippen LogP) is 3.29. The summed E-state index contributed by atoms with van der Waals surface area (Å²) in [6.07, 6.45) is 0. The predicted molar refractivity (Wildman–Crippen MR) is 77.3 cm³/mol. The molecule has 0 heterocycles. The van der Waals surface area contributed by atoms with E-state index in [1.165, 1.54) is 19.2 Å². The highest BCUT2D eigenvalue weighted by molar-refractivity contribution is 5.95. The first-order valence-electron chi connectivity index (χ1n) is 6.29. The van der Waals surface area contributed by atoms with Crippen molar-refractivity contribution in [2.24, 2.45) is 0 Å². The Bertz CT molecular complexity index is 646. The fourth-order valence-corrected chi connectivity index (χ4v) is 1.89. The Morgan fingerprint density at radius 1 is 1.00 bits per heavy atom. The van der Waals surface area contributed by atoms with Gasteiger partial charge < -0.3 is 19.3 Å². The van der Waals surface area contributed by atoms with Crippen LogP contribution in [-0.4, -0.2) is 25.3 Å². The van der Waals surface area contributed by atoms with Gasteiger partial charge in [0, 0.05) is 5.56 Å². The third-order valence-corrected chi connectivity index (χ3v) is 3.07. The number of phenolic OH excluding ortho intramolecular Hbond substituents is 1. The molecular formula is C16H16O5. The lowest BCUT2D eigenvalue weighted by Gasteiger charge is -2.13. The van der Waals surface area contributed by atoms with Gasteiger partial charge in [-0.3, -0.25) is 0 Å². The first kappa shape index (κ1) is 14.7. The summed E-state index contributed by atoms with van der Waals surface area (Å²) >= 11 is 0. The summed E-state index contributed by atoms with van der Waals surface area (Å²) in [6, 6.07) is 9.95. The molecule has 0 amide bonds. The van der Waals surface area contributed by atoms with Gasteiger partial charge in [0.2, 0.25) is 0 Å². The van der Waals surface area contributed by atoms with E-state index in [0.717, 1.165) is 0 Å². The molecule has 0 aliphatic carbocycles. The molecule has 0 fully saturated rings. The lowest BCUT2D eigenvalue weighted by Crippen LogP contribution is -2.06. The van der Waals surface area contributed by atoms with Gasteiger partial charge in [-0.25, -0.2) is 4.79 Å². The van der Waals surface area contributed by atoms with Crippen molar-refractivity contribution in [3.8, 4) is 23.0 Å². The largest absolute Gasteiger partial charge is 0.508 e. The minimum absolute atomic E-state index is 0.0116. The standard InChI is InChI=1S/C16H16O5/c1-10-13(17)8-9-14(15(10)16(18)20-3)21-12-6-4-11(19-2)5-7-12/h4-9,17H,1-3H3. The van der Waals surface area contributed by atoms with Crippen molar-refractivity contribution in [2.75, 3.05) is 14.2 Å². The van der Waals surface area contributed by atoms with E-state index in [0.29, 0.717) is 22.8 Å². The normalized spacial score (nSPS) is 10.0. The number of phenols is 1. The Balaban J connectivity index is 2.38. The van der Waals surface area contributed by atoms with E-state index in [9.17, 15) is 9.90 Å². The molecule has 21 heavy (non-hydrogen) atoms. The molecule has 0 bridgehead atoms. The second-order valence-electron chi connectivity index (χ2n) is 4.35. The van der Waals surface area contributed by atoms with Crippen LogP contribution in [0.15, 0.2) is 36.4 Å². The zero-order valence-electron chi connectivity index (χ0n) is 12.0. The molecule has 0 radical (unpaired) electrons. The summed E-state index contributed by atoms with van der Waals surface area (Å²) in [6.45, 7) is 1.63. The highest BCUT2D eigenvalue weighted by atomic mass is 16.5. The zero-order chi connectivity index (χ0) is 15.4. The van der Waals surface area contributed by atoms with Gasteiger partial charge in [0.15, 0.2) is 0 Å². The number of esters is 1. The van der Waals surface area contributed by atoms with Crippen molar-refractivity contribution < 1.29 is 24.1 Å². The Morgan fingerprint density at radius 3 is 2.19 bits per heavy atom. The van der Waals surface area contributed by atoms with E-state index in [2.05, 4.69) is 0 Å². The summed E-state index contributed by atoms with van der Waals surface area (Å²) in [5.41, 5.74) is 0.612. The molecule has 0 aromatic heterocycles. The summed E-state index contributed by atoms with van der Waals surface area (Å²) in [5, 5.41) is 9.72. The fraction of sp³-hybridized carbons (Fsp3) is 0.188. The molecule has 2 aromatic carbocycles. The monoisotopic (exact) mass is 288 g/mol. The van der Waals surface area contributed by atoms with Crippen molar-refractivity contribution in [1.29, 1.82) is 0 Å². The first-order valence-corrected chi connectivity index (χ1v) is 6.29. The topological polar surface area (TPSA) is 65.0 Å². The van der Waals surface area contributed by atoms with Crippen LogP contribution in [0.2, 0.25) is 0 Å². The lowest BCUT2D eigenvalue weighted by molar-refractivity contribution is 0.0596. The minimum Gasteiger partial charge on any atom is -0.508 e. The maximum atomic E-state index is 11.9. The summed E-state index contributed by atoms with van der Waals surface area (Å²) in [7, 11) is 2.86. The van der Waals surface area contributed by atoms with Crippen LogP contribution in [0.3, 0.4) is 0 Å². The number of benzene rings is 2. The Kier molecular flexibility index (Phi) is 4.33. The van der Waals surface area contributed by atoms with Crippen molar-refractivity contribution in [2.45, 2.75) is 6.92 Å². The molecule has 0 spiro atoms. The van der Waals surface area contributed by atoms with Crippen molar-refractivity contribution in [3.63, 3.8) is 0 Å². The van der Waals surface area contributed by atoms with Gasteiger partial charge in [-0.2, -0.15) is 0 Å². The van der Waals surface area contributed by atoms with E-state index >= 15 is 0 Å². The highest BCUT2D eigenvalue weighted by Crippen LogP contribution is 2.33. The average Bonchev–Trinajstić information content (AvgIpc) is 2.51. The number of carbonyl (C=O) groups is 1. The van der Waals surface area contributed by atoms with Crippen molar-refractivity contribution in [1.82, 2.24) is 0 Å². The molecule has 0 atom stereocenters. The van der Waals surface area contributed by atoms with Crippen LogP contribution in [0.4, 0.5) is 0 Å². The summed E-state index contributed by atoms with van der Waals surface area (Å²) in [4.78, 5) is 11.9. The van der Waals surface area contributed by atoms with E-state index < -0.39 is 5.97 Å². The number of rotatable bonds is 4. The maximum absolute atomic E-state index is 11.9. The molecule has 110 valence electrons. The van der Waals surface area contributed by atoms with E-state index in [1.807, 2.05) is 0 Å². The van der Waals surface area contributed by atoms with Gasteiger partial charge in [0.25, 0.3) is 0 Å². The van der Waals surface area contributed by atoms with Gasteiger partial charge in [-0.1, -0.05) is 0 Å². The van der Waals surface area contributed by atoms with Crippen LogP contribution >= 0.6 is 0 Å². The number of carbonyl (C=O) groups excluding carboxylic acids is 1. The van der Waals surface area contributed by atoms with Crippen LogP contribution in [0.5, 0.6) is 23.0 Å². The molecule has 0 aliphatic rings. The molecule has 5 heteroatoms. The van der Waals surface area contributed by atoms with Crippen LogP contribution in [0.1, 0.15) is 15.9 Å². The van der Waals surface area contributed by atoms with Gasteiger partial charge in [0.1, 0.15) is 28.6 Å². The second-order valence-corrected chi connectivity index (χ2v) is 4.35. The summed E-state index contributed by atoms with van der Waals surface area (Å²) in [5.74, 6) is 1.02. The van der Waals surface area contributed by atoms with Gasteiger partial charge >= 0.3 is 5.97 Å². The number of hydrogen-bond acceptors (Lipinski definition) is 5. The molecule has 0 saturated heterocycles. The van der Waals surface area contributed by atoms with Gasteiger partial charge in [-0.05, 0) is 43.3 Å². The fourth-order valence-electron chi connectivity index (χ4n) is 1.89. The van der Waals surface area contributed by atoms with Crippen molar-refractivity contribution in [3.05, 3.63) is 47.5 Å².